The van der Waals surface area contributed by atoms with Crippen molar-refractivity contribution in [1.29, 1.82) is 0 Å². The number of rotatable bonds is 3. The first-order valence-corrected chi connectivity index (χ1v) is 3.61. The number of aliphatic carboxylic acids is 1. The molecule has 0 saturated carbocycles. The van der Waals surface area contributed by atoms with Gasteiger partial charge in [0.25, 0.3) is 0 Å². The molecule has 0 heterocycles. The molecule has 0 aromatic heterocycles. The summed E-state index contributed by atoms with van der Waals surface area (Å²) in [5, 5.41) is 8.48. The van der Waals surface area contributed by atoms with E-state index < -0.39 is 23.8 Å². The van der Waals surface area contributed by atoms with Crippen LogP contribution in [0.5, 0.6) is 0 Å². The van der Waals surface area contributed by atoms with Gasteiger partial charge in [0.05, 0.1) is 21.3 Å². The lowest BCUT2D eigenvalue weighted by Gasteiger charge is -2.12. The van der Waals surface area contributed by atoms with Crippen LogP contribution in [0, 0.1) is 11.8 Å². The van der Waals surface area contributed by atoms with Crippen LogP contribution in [0.25, 0.3) is 0 Å². The molecule has 11 heavy (non-hydrogen) atoms. The van der Waals surface area contributed by atoms with E-state index >= 15 is 0 Å². The summed E-state index contributed by atoms with van der Waals surface area (Å²) < 4.78 is 4.30. The molecule has 0 aliphatic heterocycles. The molecule has 64 valence electrons. The third-order valence-electron chi connectivity index (χ3n) is 1.63. The Morgan fingerprint density at radius 1 is 1.36 bits per heavy atom. The Bertz CT molecular complexity index is 168. The molecule has 0 bridgehead atoms. The lowest BCUT2D eigenvalue weighted by Crippen LogP contribution is -2.25. The molecule has 5 heteroatoms. The van der Waals surface area contributed by atoms with Gasteiger partial charge in [0.2, 0.25) is 0 Å². The minimum atomic E-state index is -0.993. The first-order valence-electron chi connectivity index (χ1n) is 3.14. The van der Waals surface area contributed by atoms with Gasteiger partial charge in [-0.25, -0.2) is 0 Å². The van der Waals surface area contributed by atoms with E-state index in [1.807, 2.05) is 0 Å². The quantitative estimate of drug-likeness (QED) is 0.645. The summed E-state index contributed by atoms with van der Waals surface area (Å²) in [7, 11) is 1.80. The van der Waals surface area contributed by atoms with E-state index in [2.05, 4.69) is 4.52 Å². The second-order valence-electron chi connectivity index (χ2n) is 2.35. The molecule has 0 spiro atoms. The first kappa shape index (κ1) is 10.4. The maximum absolute atomic E-state index is 10.8. The van der Waals surface area contributed by atoms with E-state index in [9.17, 15) is 9.59 Å². The van der Waals surface area contributed by atoms with Gasteiger partial charge in [-0.3, -0.25) is 9.59 Å². The number of carboxylic acid groups (broad SMARTS) is 1. The Morgan fingerprint density at radius 2 is 1.82 bits per heavy atom. The summed E-state index contributed by atoms with van der Waals surface area (Å²) in [4.78, 5) is 21.1. The molecule has 0 amide bonds. The number of hydrogen-bond acceptors (Lipinski definition) is 3. The Kier molecular flexibility index (Phi) is 4.04. The minimum Gasteiger partial charge on any atom is -0.481 e. The molecule has 0 fully saturated rings. The van der Waals surface area contributed by atoms with Crippen molar-refractivity contribution in [3.8, 4) is 0 Å². The van der Waals surface area contributed by atoms with Crippen molar-refractivity contribution >= 4 is 21.4 Å². The normalized spacial score (nSPS) is 15.2. The summed E-state index contributed by atoms with van der Waals surface area (Å²) in [6.07, 6.45) is 0. The van der Waals surface area contributed by atoms with Crippen LogP contribution in [0.4, 0.5) is 0 Å². The molecule has 0 aliphatic carbocycles. The highest BCUT2D eigenvalue weighted by atomic mass is 31.0. The highest BCUT2D eigenvalue weighted by Crippen LogP contribution is 2.13. The van der Waals surface area contributed by atoms with E-state index in [1.54, 1.807) is 9.47 Å². The molecule has 0 radical (unpaired) electrons. The van der Waals surface area contributed by atoms with Gasteiger partial charge in [0, 0.05) is 0 Å². The molecular formula is C6H11O4P. The zero-order chi connectivity index (χ0) is 9.02. The molecular weight excluding hydrogens is 167 g/mol. The smallest absolute Gasteiger partial charge is 0.311 e. The molecule has 4 nitrogen and oxygen atoms in total. The molecule has 3 atom stereocenters. The molecule has 3 unspecified atom stereocenters. The van der Waals surface area contributed by atoms with Crippen LogP contribution >= 0.6 is 9.47 Å². The van der Waals surface area contributed by atoms with Crippen LogP contribution < -0.4 is 0 Å². The molecule has 0 rings (SSSR count). The van der Waals surface area contributed by atoms with Crippen molar-refractivity contribution in [1.82, 2.24) is 0 Å². The topological polar surface area (TPSA) is 63.6 Å². The fourth-order valence-electron chi connectivity index (χ4n) is 0.525. The summed E-state index contributed by atoms with van der Waals surface area (Å²) in [5.74, 6) is -2.83. The van der Waals surface area contributed by atoms with Crippen molar-refractivity contribution in [3.63, 3.8) is 0 Å². The number of hydrogen-bond donors (Lipinski definition) is 1. The van der Waals surface area contributed by atoms with Gasteiger partial charge >= 0.3 is 11.9 Å². The van der Waals surface area contributed by atoms with Gasteiger partial charge in [0.1, 0.15) is 0 Å². The number of carbonyl (C=O) groups excluding carboxylic acids is 1. The highest BCUT2D eigenvalue weighted by Gasteiger charge is 2.26. The Balaban J connectivity index is 4.12. The van der Waals surface area contributed by atoms with E-state index in [-0.39, 0.29) is 0 Å². The van der Waals surface area contributed by atoms with Gasteiger partial charge in [-0.2, -0.15) is 0 Å². The van der Waals surface area contributed by atoms with Gasteiger partial charge < -0.3 is 9.63 Å². The third kappa shape index (κ3) is 2.85. The fraction of sp³-hybridized carbons (Fsp3) is 0.667. The summed E-state index contributed by atoms with van der Waals surface area (Å²) in [5.41, 5.74) is 0. The molecule has 0 aromatic rings. The lowest BCUT2D eigenvalue weighted by atomic mass is 9.97. The Hall–Kier alpha value is -0.630. The maximum Gasteiger partial charge on any atom is 0.311 e. The molecule has 0 aromatic carbocycles. The lowest BCUT2D eigenvalue weighted by molar-refractivity contribution is -0.150. The summed E-state index contributed by atoms with van der Waals surface area (Å²) in [6.45, 7) is 2.99. The zero-order valence-corrected chi connectivity index (χ0v) is 7.56. The van der Waals surface area contributed by atoms with Gasteiger partial charge in [-0.15, -0.1) is 0 Å². The second kappa shape index (κ2) is 4.29. The number of carboxylic acids is 1. The third-order valence-corrected chi connectivity index (χ3v) is 1.86. The maximum atomic E-state index is 10.8. The summed E-state index contributed by atoms with van der Waals surface area (Å²) >= 11 is 0. The van der Waals surface area contributed by atoms with E-state index in [0.29, 0.717) is 0 Å². The van der Waals surface area contributed by atoms with Crippen LogP contribution in [0.2, 0.25) is 0 Å². The predicted octanol–water partition coefficient (Wildman–Crippen LogP) is 0.676. The largest absolute Gasteiger partial charge is 0.481 e. The Morgan fingerprint density at radius 3 is 2.09 bits per heavy atom. The Labute approximate surface area is 67.2 Å². The van der Waals surface area contributed by atoms with Crippen LogP contribution in [0.3, 0.4) is 0 Å². The monoisotopic (exact) mass is 178 g/mol. The minimum absolute atomic E-state index is 0.523. The predicted molar refractivity (Wildman–Crippen MR) is 41.8 cm³/mol. The standard InChI is InChI=1S/C6H11O4P/c1-3(5(7)8)4(2)6(9)10-11/h3-4H,11H2,1-2H3,(H,7,8). The zero-order valence-electron chi connectivity index (χ0n) is 6.40. The van der Waals surface area contributed by atoms with Crippen LogP contribution in [-0.4, -0.2) is 17.0 Å². The van der Waals surface area contributed by atoms with Crippen LogP contribution in [0.15, 0.2) is 0 Å². The van der Waals surface area contributed by atoms with Crippen LogP contribution in [-0.2, 0) is 14.1 Å². The SMILES string of the molecule is CC(C(=O)O)C(C)C(=O)OP. The van der Waals surface area contributed by atoms with E-state index in [1.165, 1.54) is 13.8 Å². The fourth-order valence-corrected chi connectivity index (χ4v) is 0.740. The molecule has 0 aliphatic rings. The highest BCUT2D eigenvalue weighted by molar-refractivity contribution is 7.10. The molecule has 0 saturated heterocycles. The van der Waals surface area contributed by atoms with E-state index in [0.717, 1.165) is 0 Å². The van der Waals surface area contributed by atoms with Crippen molar-refractivity contribution in [2.45, 2.75) is 13.8 Å². The van der Waals surface area contributed by atoms with Crippen molar-refractivity contribution < 1.29 is 19.2 Å². The average Bonchev–Trinajstić information content (AvgIpc) is 2.00. The van der Waals surface area contributed by atoms with Gasteiger partial charge in [0.15, 0.2) is 0 Å². The number of carbonyl (C=O) groups is 2. The van der Waals surface area contributed by atoms with Crippen molar-refractivity contribution in [3.05, 3.63) is 0 Å². The van der Waals surface area contributed by atoms with E-state index in [4.69, 9.17) is 5.11 Å². The average molecular weight is 178 g/mol. The van der Waals surface area contributed by atoms with Gasteiger partial charge in [-0.05, 0) is 0 Å². The van der Waals surface area contributed by atoms with Crippen LogP contribution in [0.1, 0.15) is 13.8 Å². The summed E-state index contributed by atoms with van der Waals surface area (Å²) in [6, 6.07) is 0. The second-order valence-corrected chi connectivity index (χ2v) is 2.59. The molecule has 1 N–H and O–H groups in total. The van der Waals surface area contributed by atoms with Crippen molar-refractivity contribution in [2.75, 3.05) is 0 Å². The van der Waals surface area contributed by atoms with Crippen molar-refractivity contribution in [2.24, 2.45) is 11.8 Å². The first-order chi connectivity index (χ1) is 5.00. The van der Waals surface area contributed by atoms with Gasteiger partial charge in [-0.1, -0.05) is 13.8 Å².